The van der Waals surface area contributed by atoms with Crippen molar-refractivity contribution in [3.8, 4) is 0 Å². The van der Waals surface area contributed by atoms with Crippen LogP contribution in [0.4, 0.5) is 11.6 Å². The van der Waals surface area contributed by atoms with Gasteiger partial charge in [0, 0.05) is 45.4 Å². The van der Waals surface area contributed by atoms with Crippen LogP contribution in [0.1, 0.15) is 41.6 Å². The first-order chi connectivity index (χ1) is 15.5. The van der Waals surface area contributed by atoms with Crippen molar-refractivity contribution in [2.24, 2.45) is 0 Å². The molecule has 8 nitrogen and oxygen atoms in total. The van der Waals surface area contributed by atoms with Crippen LogP contribution in [-0.4, -0.2) is 83.2 Å². The minimum absolute atomic E-state index is 0.0669. The third-order valence-corrected chi connectivity index (χ3v) is 6.47. The molecule has 3 heterocycles. The van der Waals surface area contributed by atoms with Crippen molar-refractivity contribution in [2.45, 2.75) is 37.8 Å². The quantitative estimate of drug-likeness (QED) is 0.686. The van der Waals surface area contributed by atoms with Gasteiger partial charge in [-0.2, -0.15) is 0 Å². The molecule has 2 N–H and O–H groups in total. The molecule has 0 radical (unpaired) electrons. The molecule has 2 saturated heterocycles. The number of aromatic nitrogens is 2. The first kappa shape index (κ1) is 22.5. The van der Waals surface area contributed by atoms with E-state index in [4.69, 9.17) is 0 Å². The van der Waals surface area contributed by atoms with Gasteiger partial charge in [-0.05, 0) is 56.5 Å². The Kier molecular flexibility index (Phi) is 6.91. The lowest BCUT2D eigenvalue weighted by atomic mass is 9.92. The number of rotatable bonds is 7. The van der Waals surface area contributed by atoms with Crippen LogP contribution in [0.5, 0.6) is 0 Å². The third kappa shape index (κ3) is 5.37. The summed E-state index contributed by atoms with van der Waals surface area (Å²) in [6.45, 7) is 4.78. The predicted molar refractivity (Wildman–Crippen MR) is 126 cm³/mol. The standard InChI is InChI=1S/C24H34N6O2/c1-25-21-14-22(27-18-26-21)30-13-5-10-24(32,17-30)16-28(2)23(31)20-8-6-19(7-9-20)15-29-11-3-4-12-29/h6-9,14,18,32H,3-5,10-13,15-17H2,1-2H3,(H,25,26,27). The smallest absolute Gasteiger partial charge is 0.253 e. The van der Waals surface area contributed by atoms with Crippen LogP contribution >= 0.6 is 0 Å². The molecule has 1 aromatic carbocycles. The molecule has 4 rings (SSSR count). The van der Waals surface area contributed by atoms with E-state index in [1.807, 2.05) is 37.4 Å². The molecule has 1 aromatic heterocycles. The van der Waals surface area contributed by atoms with Gasteiger partial charge in [-0.1, -0.05) is 12.1 Å². The summed E-state index contributed by atoms with van der Waals surface area (Å²) < 4.78 is 0. The van der Waals surface area contributed by atoms with E-state index in [0.29, 0.717) is 18.5 Å². The van der Waals surface area contributed by atoms with E-state index < -0.39 is 5.60 Å². The number of amides is 1. The highest BCUT2D eigenvalue weighted by molar-refractivity contribution is 5.94. The number of piperidine rings is 1. The first-order valence-corrected chi connectivity index (χ1v) is 11.5. The van der Waals surface area contributed by atoms with Gasteiger partial charge in [0.05, 0.1) is 12.1 Å². The van der Waals surface area contributed by atoms with E-state index in [2.05, 4.69) is 25.1 Å². The molecule has 2 aromatic rings. The fourth-order valence-corrected chi connectivity index (χ4v) is 4.78. The zero-order chi connectivity index (χ0) is 22.6. The van der Waals surface area contributed by atoms with Crippen molar-refractivity contribution in [2.75, 3.05) is 57.0 Å². The summed E-state index contributed by atoms with van der Waals surface area (Å²) >= 11 is 0. The van der Waals surface area contributed by atoms with Gasteiger partial charge < -0.3 is 20.2 Å². The maximum Gasteiger partial charge on any atom is 0.253 e. The van der Waals surface area contributed by atoms with Gasteiger partial charge in [-0.25, -0.2) is 9.97 Å². The molecule has 1 unspecified atom stereocenters. The molecule has 2 fully saturated rings. The summed E-state index contributed by atoms with van der Waals surface area (Å²) in [5, 5.41) is 14.3. The van der Waals surface area contributed by atoms with Crippen LogP contribution in [0.25, 0.3) is 0 Å². The molecular weight excluding hydrogens is 404 g/mol. The maximum atomic E-state index is 13.0. The number of hydrogen-bond acceptors (Lipinski definition) is 7. The number of aliphatic hydroxyl groups is 1. The zero-order valence-corrected chi connectivity index (χ0v) is 19.1. The van der Waals surface area contributed by atoms with Crippen LogP contribution in [-0.2, 0) is 6.54 Å². The second-order valence-corrected chi connectivity index (χ2v) is 9.10. The third-order valence-electron chi connectivity index (χ3n) is 6.47. The van der Waals surface area contributed by atoms with Crippen molar-refractivity contribution in [3.05, 3.63) is 47.8 Å². The second kappa shape index (κ2) is 9.83. The van der Waals surface area contributed by atoms with Crippen LogP contribution in [0.2, 0.25) is 0 Å². The lowest BCUT2D eigenvalue weighted by Gasteiger charge is -2.41. The minimum atomic E-state index is -0.983. The Hall–Kier alpha value is -2.71. The molecule has 32 heavy (non-hydrogen) atoms. The number of nitrogens with one attached hydrogen (secondary N) is 1. The normalized spacial score (nSPS) is 21.5. The number of nitrogens with zero attached hydrogens (tertiary/aromatic N) is 5. The molecule has 0 saturated carbocycles. The molecule has 1 atom stereocenters. The van der Waals surface area contributed by atoms with E-state index in [1.165, 1.54) is 24.7 Å². The van der Waals surface area contributed by atoms with Gasteiger partial charge in [0.2, 0.25) is 0 Å². The molecule has 1 amide bonds. The highest BCUT2D eigenvalue weighted by atomic mass is 16.3. The van der Waals surface area contributed by atoms with E-state index in [0.717, 1.165) is 44.2 Å². The Balaban J connectivity index is 1.37. The van der Waals surface area contributed by atoms with Gasteiger partial charge in [0.1, 0.15) is 18.0 Å². The lowest BCUT2D eigenvalue weighted by molar-refractivity contribution is -0.000136. The van der Waals surface area contributed by atoms with Crippen LogP contribution in [0.3, 0.4) is 0 Å². The number of likely N-dealkylation sites (N-methyl/N-ethyl adjacent to an activating group) is 1. The Bertz CT molecular complexity index is 915. The number of benzene rings is 1. The van der Waals surface area contributed by atoms with Gasteiger partial charge in [0.25, 0.3) is 5.91 Å². The molecule has 172 valence electrons. The van der Waals surface area contributed by atoms with E-state index in [-0.39, 0.29) is 12.5 Å². The summed E-state index contributed by atoms with van der Waals surface area (Å²) in [6, 6.07) is 9.78. The van der Waals surface area contributed by atoms with Crippen molar-refractivity contribution in [3.63, 3.8) is 0 Å². The maximum absolute atomic E-state index is 13.0. The Morgan fingerprint density at radius 3 is 2.62 bits per heavy atom. The minimum Gasteiger partial charge on any atom is -0.386 e. The number of hydrogen-bond donors (Lipinski definition) is 2. The van der Waals surface area contributed by atoms with E-state index in [9.17, 15) is 9.90 Å². The summed E-state index contributed by atoms with van der Waals surface area (Å²) in [4.78, 5) is 27.7. The van der Waals surface area contributed by atoms with Crippen molar-refractivity contribution >= 4 is 17.5 Å². The fourth-order valence-electron chi connectivity index (χ4n) is 4.78. The van der Waals surface area contributed by atoms with Gasteiger partial charge >= 0.3 is 0 Å². The van der Waals surface area contributed by atoms with E-state index in [1.54, 1.807) is 11.9 Å². The lowest BCUT2D eigenvalue weighted by Crippen LogP contribution is -2.54. The number of carbonyl (C=O) groups is 1. The summed E-state index contributed by atoms with van der Waals surface area (Å²) in [5.74, 6) is 1.46. The molecule has 0 bridgehead atoms. The molecule has 0 spiro atoms. The van der Waals surface area contributed by atoms with Crippen molar-refractivity contribution in [1.29, 1.82) is 0 Å². The van der Waals surface area contributed by atoms with Crippen molar-refractivity contribution in [1.82, 2.24) is 19.8 Å². The van der Waals surface area contributed by atoms with Crippen LogP contribution in [0.15, 0.2) is 36.7 Å². The monoisotopic (exact) mass is 438 g/mol. The second-order valence-electron chi connectivity index (χ2n) is 9.10. The summed E-state index contributed by atoms with van der Waals surface area (Å²) in [5.41, 5.74) is 0.908. The predicted octanol–water partition coefficient (Wildman–Crippen LogP) is 2.22. The van der Waals surface area contributed by atoms with Gasteiger partial charge in [-0.15, -0.1) is 0 Å². The Morgan fingerprint density at radius 1 is 1.16 bits per heavy atom. The topological polar surface area (TPSA) is 84.8 Å². The largest absolute Gasteiger partial charge is 0.386 e. The molecule has 0 aliphatic carbocycles. The Morgan fingerprint density at radius 2 is 1.91 bits per heavy atom. The number of likely N-dealkylation sites (tertiary alicyclic amines) is 1. The van der Waals surface area contributed by atoms with Gasteiger partial charge in [0.15, 0.2) is 0 Å². The Labute approximate surface area is 190 Å². The average Bonchev–Trinajstić information content (AvgIpc) is 3.32. The summed E-state index contributed by atoms with van der Waals surface area (Å²) in [6.07, 6.45) is 5.56. The summed E-state index contributed by atoms with van der Waals surface area (Å²) in [7, 11) is 3.58. The number of carbonyl (C=O) groups excluding carboxylic acids is 1. The first-order valence-electron chi connectivity index (χ1n) is 11.5. The highest BCUT2D eigenvalue weighted by Gasteiger charge is 2.36. The van der Waals surface area contributed by atoms with Crippen LogP contribution in [0, 0.1) is 0 Å². The van der Waals surface area contributed by atoms with Crippen LogP contribution < -0.4 is 10.2 Å². The van der Waals surface area contributed by atoms with Gasteiger partial charge in [-0.3, -0.25) is 9.69 Å². The zero-order valence-electron chi connectivity index (χ0n) is 19.1. The molecule has 2 aliphatic rings. The molecule has 2 aliphatic heterocycles. The molecule has 8 heteroatoms. The number of anilines is 2. The van der Waals surface area contributed by atoms with E-state index >= 15 is 0 Å². The SMILES string of the molecule is CNc1cc(N2CCCC(O)(CN(C)C(=O)c3ccc(CN4CCCC4)cc3)C2)ncn1. The number of β-amino-alcohol motifs (C(OH)–C–C–N with tert-alkyl or cyclic N) is 1. The molecular formula is C24H34N6O2. The highest BCUT2D eigenvalue weighted by Crippen LogP contribution is 2.27. The fraction of sp³-hybridized carbons (Fsp3) is 0.542. The average molecular weight is 439 g/mol. The van der Waals surface area contributed by atoms with Crippen molar-refractivity contribution < 1.29 is 9.90 Å².